The Kier molecular flexibility index (Phi) is 7.62. The van der Waals surface area contributed by atoms with Crippen molar-refractivity contribution in [1.82, 2.24) is 10.6 Å². The van der Waals surface area contributed by atoms with Crippen LogP contribution in [0.15, 0.2) is 48.5 Å². The van der Waals surface area contributed by atoms with Gasteiger partial charge in [0.2, 0.25) is 11.8 Å². The molecule has 0 aromatic heterocycles. The van der Waals surface area contributed by atoms with E-state index in [1.54, 1.807) is 0 Å². The van der Waals surface area contributed by atoms with E-state index in [4.69, 9.17) is 0 Å². The standard InChI is InChI=1S/C25H29N3O2/c1-2-3-11-24(29)28-23-10-6-9-22(23)25(30)27-17-18-12-14-19(15-13-18)21-8-5-4-7-20(21)16-26/h4-5,7-8,12-15,22-23H,2-3,6,9-11,17H2,1H3,(H,27,30)(H,28,29). The highest BCUT2D eigenvalue weighted by Gasteiger charge is 2.33. The van der Waals surface area contributed by atoms with Gasteiger partial charge in [-0.1, -0.05) is 62.2 Å². The lowest BCUT2D eigenvalue weighted by Crippen LogP contribution is -2.43. The van der Waals surface area contributed by atoms with E-state index in [1.807, 2.05) is 48.5 Å². The van der Waals surface area contributed by atoms with Crippen molar-refractivity contribution in [3.63, 3.8) is 0 Å². The minimum atomic E-state index is -0.155. The highest BCUT2D eigenvalue weighted by molar-refractivity contribution is 5.82. The first kappa shape index (κ1) is 21.6. The van der Waals surface area contributed by atoms with Crippen LogP contribution >= 0.6 is 0 Å². The van der Waals surface area contributed by atoms with E-state index >= 15 is 0 Å². The second kappa shape index (κ2) is 10.6. The molecule has 0 bridgehead atoms. The molecule has 1 aliphatic rings. The SMILES string of the molecule is CCCCC(=O)NC1CCCC1C(=O)NCc1ccc(-c2ccccc2C#N)cc1. The van der Waals surface area contributed by atoms with Crippen molar-refractivity contribution in [1.29, 1.82) is 5.26 Å². The van der Waals surface area contributed by atoms with Crippen LogP contribution in [0.4, 0.5) is 0 Å². The Morgan fingerprint density at radius 2 is 1.87 bits per heavy atom. The lowest BCUT2D eigenvalue weighted by molar-refractivity contribution is -0.126. The zero-order chi connectivity index (χ0) is 21.3. The summed E-state index contributed by atoms with van der Waals surface area (Å²) in [4.78, 5) is 24.7. The number of rotatable bonds is 8. The fourth-order valence-corrected chi connectivity index (χ4v) is 4.02. The zero-order valence-corrected chi connectivity index (χ0v) is 17.5. The number of carbonyl (C=O) groups is 2. The molecule has 156 valence electrons. The first-order valence-electron chi connectivity index (χ1n) is 10.8. The largest absolute Gasteiger partial charge is 0.353 e. The van der Waals surface area contributed by atoms with Gasteiger partial charge in [-0.2, -0.15) is 5.26 Å². The maximum atomic E-state index is 12.7. The first-order chi connectivity index (χ1) is 14.6. The van der Waals surface area contributed by atoms with Crippen molar-refractivity contribution in [3.8, 4) is 17.2 Å². The number of benzene rings is 2. The van der Waals surface area contributed by atoms with Crippen LogP contribution in [-0.2, 0) is 16.1 Å². The molecule has 2 aromatic rings. The van der Waals surface area contributed by atoms with E-state index < -0.39 is 0 Å². The minimum Gasteiger partial charge on any atom is -0.353 e. The van der Waals surface area contributed by atoms with E-state index in [9.17, 15) is 14.9 Å². The van der Waals surface area contributed by atoms with Crippen LogP contribution in [0.25, 0.3) is 11.1 Å². The van der Waals surface area contributed by atoms with Crippen molar-refractivity contribution >= 4 is 11.8 Å². The fourth-order valence-electron chi connectivity index (χ4n) is 4.02. The normalized spacial score (nSPS) is 17.9. The van der Waals surface area contributed by atoms with E-state index in [1.165, 1.54) is 0 Å². The van der Waals surface area contributed by atoms with E-state index in [0.717, 1.165) is 48.8 Å². The molecule has 0 aliphatic heterocycles. The molecule has 0 heterocycles. The Balaban J connectivity index is 1.55. The molecule has 1 saturated carbocycles. The van der Waals surface area contributed by atoms with Gasteiger partial charge in [0.25, 0.3) is 0 Å². The molecule has 5 nitrogen and oxygen atoms in total. The summed E-state index contributed by atoms with van der Waals surface area (Å²) in [6.45, 7) is 2.51. The average molecular weight is 404 g/mol. The fraction of sp³-hybridized carbons (Fsp3) is 0.400. The molecule has 2 N–H and O–H groups in total. The third-order valence-corrected chi connectivity index (χ3v) is 5.74. The maximum absolute atomic E-state index is 12.7. The van der Waals surface area contributed by atoms with Gasteiger partial charge in [0.1, 0.15) is 0 Å². The van der Waals surface area contributed by atoms with Crippen LogP contribution < -0.4 is 10.6 Å². The minimum absolute atomic E-state index is 0.00666. The van der Waals surface area contributed by atoms with Crippen LogP contribution in [0.1, 0.15) is 56.6 Å². The molecule has 1 fully saturated rings. The van der Waals surface area contributed by atoms with Gasteiger partial charge < -0.3 is 10.6 Å². The monoisotopic (exact) mass is 403 g/mol. The lowest BCUT2D eigenvalue weighted by atomic mass is 9.99. The van der Waals surface area contributed by atoms with Gasteiger partial charge >= 0.3 is 0 Å². The molecular weight excluding hydrogens is 374 g/mol. The topological polar surface area (TPSA) is 82.0 Å². The number of nitrogens with one attached hydrogen (secondary N) is 2. The van der Waals surface area contributed by atoms with Gasteiger partial charge in [-0.25, -0.2) is 0 Å². The second-order valence-corrected chi connectivity index (χ2v) is 7.89. The van der Waals surface area contributed by atoms with Gasteiger partial charge in [0, 0.05) is 19.0 Å². The van der Waals surface area contributed by atoms with E-state index in [2.05, 4.69) is 23.6 Å². The number of hydrogen-bond acceptors (Lipinski definition) is 3. The van der Waals surface area contributed by atoms with Gasteiger partial charge in [-0.3, -0.25) is 9.59 Å². The summed E-state index contributed by atoms with van der Waals surface area (Å²) in [5.74, 6) is -0.0978. The molecule has 1 aliphatic carbocycles. The molecule has 2 atom stereocenters. The molecular formula is C25H29N3O2. The predicted octanol–water partition coefficient (Wildman–Crippen LogP) is 4.32. The molecule has 2 unspecified atom stereocenters. The van der Waals surface area contributed by atoms with E-state index in [-0.39, 0.29) is 23.8 Å². The average Bonchev–Trinajstić information content (AvgIpc) is 3.24. The number of hydrogen-bond donors (Lipinski definition) is 2. The Hall–Kier alpha value is -3.13. The second-order valence-electron chi connectivity index (χ2n) is 7.89. The Morgan fingerprint density at radius 3 is 2.60 bits per heavy atom. The smallest absolute Gasteiger partial charge is 0.225 e. The maximum Gasteiger partial charge on any atom is 0.225 e. The third kappa shape index (κ3) is 5.48. The number of unbranched alkanes of at least 4 members (excludes halogenated alkanes) is 1. The quantitative estimate of drug-likeness (QED) is 0.689. The molecule has 3 rings (SSSR count). The van der Waals surface area contributed by atoms with Crippen molar-refractivity contribution in [2.75, 3.05) is 0 Å². The molecule has 0 spiro atoms. The predicted molar refractivity (Wildman–Crippen MR) is 117 cm³/mol. The van der Waals surface area contributed by atoms with Crippen molar-refractivity contribution in [3.05, 3.63) is 59.7 Å². The summed E-state index contributed by atoms with van der Waals surface area (Å²) in [6.07, 6.45) is 5.04. The van der Waals surface area contributed by atoms with Crippen molar-refractivity contribution < 1.29 is 9.59 Å². The highest BCUT2D eigenvalue weighted by atomic mass is 16.2. The van der Waals surface area contributed by atoms with Crippen LogP contribution in [-0.4, -0.2) is 17.9 Å². The number of amides is 2. The van der Waals surface area contributed by atoms with Crippen molar-refractivity contribution in [2.24, 2.45) is 5.92 Å². The summed E-state index contributed by atoms with van der Waals surface area (Å²) in [7, 11) is 0. The van der Waals surface area contributed by atoms with Crippen LogP contribution in [0.5, 0.6) is 0 Å². The van der Waals surface area contributed by atoms with E-state index in [0.29, 0.717) is 18.5 Å². The Bertz CT molecular complexity index is 915. The first-order valence-corrected chi connectivity index (χ1v) is 10.8. The molecule has 0 saturated heterocycles. The van der Waals surface area contributed by atoms with Crippen molar-refractivity contribution in [2.45, 2.75) is 58.0 Å². The van der Waals surface area contributed by atoms with Gasteiger partial charge in [0.05, 0.1) is 17.6 Å². The molecule has 2 amide bonds. The van der Waals surface area contributed by atoms with Gasteiger partial charge in [-0.05, 0) is 42.0 Å². The Morgan fingerprint density at radius 1 is 1.10 bits per heavy atom. The summed E-state index contributed by atoms with van der Waals surface area (Å²) >= 11 is 0. The van der Waals surface area contributed by atoms with Crippen LogP contribution in [0.2, 0.25) is 0 Å². The molecule has 0 radical (unpaired) electrons. The lowest BCUT2D eigenvalue weighted by Gasteiger charge is -2.20. The van der Waals surface area contributed by atoms with Gasteiger partial charge in [-0.15, -0.1) is 0 Å². The van der Waals surface area contributed by atoms with Gasteiger partial charge in [0.15, 0.2) is 0 Å². The summed E-state index contributed by atoms with van der Waals surface area (Å²) in [5.41, 5.74) is 3.53. The highest BCUT2D eigenvalue weighted by Crippen LogP contribution is 2.27. The zero-order valence-electron chi connectivity index (χ0n) is 17.5. The summed E-state index contributed by atoms with van der Waals surface area (Å²) in [6, 6.07) is 17.6. The summed E-state index contributed by atoms with van der Waals surface area (Å²) in [5, 5.41) is 15.4. The number of nitriles is 1. The van der Waals surface area contributed by atoms with Crippen LogP contribution in [0, 0.1) is 17.2 Å². The number of nitrogens with zero attached hydrogens (tertiary/aromatic N) is 1. The molecule has 5 heteroatoms. The molecule has 2 aromatic carbocycles. The third-order valence-electron chi connectivity index (χ3n) is 5.74. The molecule has 30 heavy (non-hydrogen) atoms. The summed E-state index contributed by atoms with van der Waals surface area (Å²) < 4.78 is 0. The van der Waals surface area contributed by atoms with Crippen LogP contribution in [0.3, 0.4) is 0 Å². The number of carbonyl (C=O) groups excluding carboxylic acids is 2. The Labute approximate surface area is 178 Å².